The number of nitrogens with one attached hydrogen (secondary N) is 1. The Kier molecular flexibility index (Phi) is 3.95. The first-order valence-electron chi connectivity index (χ1n) is 6.17. The van der Waals surface area contributed by atoms with Crippen LogP contribution in [0.15, 0.2) is 47.6 Å². The van der Waals surface area contributed by atoms with Gasteiger partial charge in [0.1, 0.15) is 0 Å². The van der Waals surface area contributed by atoms with E-state index < -0.39 is 9.84 Å². The zero-order valence-corrected chi connectivity index (χ0v) is 11.9. The Morgan fingerprint density at radius 1 is 1.26 bits per heavy atom. The van der Waals surface area contributed by atoms with Gasteiger partial charge in [0.05, 0.1) is 4.90 Å². The lowest BCUT2D eigenvalue weighted by Crippen LogP contribution is -2.01. The van der Waals surface area contributed by atoms with Crippen LogP contribution in [0.1, 0.15) is 12.5 Å². The van der Waals surface area contributed by atoms with Gasteiger partial charge in [-0.05, 0) is 36.8 Å². The number of aryl methyl sites for hydroxylation is 1. The van der Waals surface area contributed by atoms with Gasteiger partial charge in [0, 0.05) is 37.4 Å². The molecule has 0 unspecified atom stereocenters. The van der Waals surface area contributed by atoms with Gasteiger partial charge in [-0.15, -0.1) is 0 Å². The zero-order valence-electron chi connectivity index (χ0n) is 11.1. The zero-order chi connectivity index (χ0) is 13.9. The van der Waals surface area contributed by atoms with Crippen LogP contribution in [0, 0.1) is 0 Å². The number of rotatable bonds is 5. The van der Waals surface area contributed by atoms with Crippen LogP contribution in [-0.4, -0.2) is 19.2 Å². The lowest BCUT2D eigenvalue weighted by atomic mass is 10.3. The van der Waals surface area contributed by atoms with Crippen molar-refractivity contribution in [3.63, 3.8) is 0 Å². The number of benzene rings is 1. The SMILES string of the molecule is CCn1ccc(CNc2cccc(S(C)(=O)=O)c2)c1. The van der Waals surface area contributed by atoms with Gasteiger partial charge in [-0.1, -0.05) is 6.07 Å². The summed E-state index contributed by atoms with van der Waals surface area (Å²) >= 11 is 0. The van der Waals surface area contributed by atoms with E-state index >= 15 is 0 Å². The van der Waals surface area contributed by atoms with Gasteiger partial charge < -0.3 is 9.88 Å². The van der Waals surface area contributed by atoms with E-state index in [1.807, 2.05) is 12.3 Å². The fraction of sp³-hybridized carbons (Fsp3) is 0.286. The third-order valence-electron chi connectivity index (χ3n) is 2.94. The Hall–Kier alpha value is -1.75. The van der Waals surface area contributed by atoms with E-state index in [0.717, 1.165) is 12.2 Å². The van der Waals surface area contributed by atoms with Crippen molar-refractivity contribution in [3.8, 4) is 0 Å². The number of hydrogen-bond donors (Lipinski definition) is 1. The van der Waals surface area contributed by atoms with Crippen molar-refractivity contribution >= 4 is 15.5 Å². The Labute approximate surface area is 114 Å². The molecular formula is C14H18N2O2S. The Balaban J connectivity index is 2.07. The van der Waals surface area contributed by atoms with Crippen LogP contribution in [0.5, 0.6) is 0 Å². The Bertz CT molecular complexity index is 660. The van der Waals surface area contributed by atoms with E-state index in [0.29, 0.717) is 11.4 Å². The summed E-state index contributed by atoms with van der Waals surface area (Å²) in [6.07, 6.45) is 5.32. The van der Waals surface area contributed by atoms with Gasteiger partial charge >= 0.3 is 0 Å². The molecule has 2 aromatic rings. The Morgan fingerprint density at radius 2 is 2.05 bits per heavy atom. The molecule has 0 amide bonds. The minimum Gasteiger partial charge on any atom is -0.381 e. The fourth-order valence-electron chi connectivity index (χ4n) is 1.83. The van der Waals surface area contributed by atoms with Crippen LogP contribution in [0.4, 0.5) is 5.69 Å². The quantitative estimate of drug-likeness (QED) is 0.914. The average Bonchev–Trinajstić information content (AvgIpc) is 2.84. The first-order chi connectivity index (χ1) is 8.99. The standard InChI is InChI=1S/C14H18N2O2S/c1-3-16-8-7-12(11-16)10-15-13-5-4-6-14(9-13)19(2,17)18/h4-9,11,15H,3,10H2,1-2H3. The maximum atomic E-state index is 11.5. The van der Waals surface area contributed by atoms with Crippen LogP contribution in [-0.2, 0) is 22.9 Å². The molecule has 0 radical (unpaired) electrons. The summed E-state index contributed by atoms with van der Waals surface area (Å²) in [4.78, 5) is 0.337. The summed E-state index contributed by atoms with van der Waals surface area (Å²) in [6.45, 7) is 3.72. The molecule has 19 heavy (non-hydrogen) atoms. The van der Waals surface area contributed by atoms with Crippen LogP contribution in [0.3, 0.4) is 0 Å². The summed E-state index contributed by atoms with van der Waals surface area (Å²) in [5.74, 6) is 0. The molecule has 0 aliphatic heterocycles. The molecular weight excluding hydrogens is 260 g/mol. The summed E-state index contributed by atoms with van der Waals surface area (Å²) < 4.78 is 25.0. The molecule has 0 spiro atoms. The normalized spacial score (nSPS) is 11.5. The monoisotopic (exact) mass is 278 g/mol. The fourth-order valence-corrected chi connectivity index (χ4v) is 2.50. The van der Waals surface area contributed by atoms with E-state index in [4.69, 9.17) is 0 Å². The molecule has 0 aliphatic rings. The van der Waals surface area contributed by atoms with Crippen molar-refractivity contribution < 1.29 is 8.42 Å². The molecule has 0 aliphatic carbocycles. The highest BCUT2D eigenvalue weighted by molar-refractivity contribution is 7.90. The molecule has 0 fully saturated rings. The van der Waals surface area contributed by atoms with Gasteiger partial charge in [0.2, 0.25) is 0 Å². The lowest BCUT2D eigenvalue weighted by Gasteiger charge is -2.06. The number of anilines is 1. The topological polar surface area (TPSA) is 51.1 Å². The van der Waals surface area contributed by atoms with E-state index in [1.54, 1.807) is 18.2 Å². The van der Waals surface area contributed by atoms with Crippen molar-refractivity contribution in [2.75, 3.05) is 11.6 Å². The van der Waals surface area contributed by atoms with Crippen molar-refractivity contribution in [2.45, 2.75) is 24.9 Å². The third kappa shape index (κ3) is 3.61. The maximum absolute atomic E-state index is 11.5. The molecule has 5 heteroatoms. The second kappa shape index (κ2) is 5.48. The predicted molar refractivity (Wildman–Crippen MR) is 77.0 cm³/mol. The highest BCUT2D eigenvalue weighted by Gasteiger charge is 2.07. The number of sulfone groups is 1. The molecule has 1 N–H and O–H groups in total. The lowest BCUT2D eigenvalue weighted by molar-refractivity contribution is 0.602. The van der Waals surface area contributed by atoms with Crippen LogP contribution >= 0.6 is 0 Å². The first-order valence-corrected chi connectivity index (χ1v) is 8.07. The van der Waals surface area contributed by atoms with Crippen molar-refractivity contribution in [1.82, 2.24) is 4.57 Å². The minimum atomic E-state index is -3.15. The number of nitrogens with zero attached hydrogens (tertiary/aromatic N) is 1. The molecule has 0 saturated carbocycles. The van der Waals surface area contributed by atoms with Gasteiger partial charge in [-0.2, -0.15) is 0 Å². The average molecular weight is 278 g/mol. The minimum absolute atomic E-state index is 0.337. The third-order valence-corrected chi connectivity index (χ3v) is 4.05. The summed E-state index contributed by atoms with van der Waals surface area (Å²) in [7, 11) is -3.15. The Morgan fingerprint density at radius 3 is 2.68 bits per heavy atom. The highest BCUT2D eigenvalue weighted by Crippen LogP contribution is 2.16. The largest absolute Gasteiger partial charge is 0.381 e. The van der Waals surface area contributed by atoms with Crippen LogP contribution in [0.2, 0.25) is 0 Å². The molecule has 102 valence electrons. The molecule has 4 nitrogen and oxygen atoms in total. The van der Waals surface area contributed by atoms with Crippen LogP contribution < -0.4 is 5.32 Å². The predicted octanol–water partition coefficient (Wildman–Crippen LogP) is 2.52. The van der Waals surface area contributed by atoms with E-state index in [9.17, 15) is 8.42 Å². The number of hydrogen-bond acceptors (Lipinski definition) is 3. The number of aromatic nitrogens is 1. The van der Waals surface area contributed by atoms with Crippen LogP contribution in [0.25, 0.3) is 0 Å². The molecule has 0 bridgehead atoms. The molecule has 2 rings (SSSR count). The van der Waals surface area contributed by atoms with Gasteiger partial charge in [0.15, 0.2) is 9.84 Å². The van der Waals surface area contributed by atoms with E-state index in [-0.39, 0.29) is 0 Å². The molecule has 0 saturated heterocycles. The van der Waals surface area contributed by atoms with Gasteiger partial charge in [0.25, 0.3) is 0 Å². The maximum Gasteiger partial charge on any atom is 0.175 e. The summed E-state index contributed by atoms with van der Waals surface area (Å²) in [5.41, 5.74) is 1.98. The van der Waals surface area contributed by atoms with E-state index in [1.165, 1.54) is 11.8 Å². The molecule has 1 aromatic carbocycles. The second-order valence-corrected chi connectivity index (χ2v) is 6.52. The molecule has 1 heterocycles. The molecule has 0 atom stereocenters. The van der Waals surface area contributed by atoms with Crippen molar-refractivity contribution in [1.29, 1.82) is 0 Å². The van der Waals surface area contributed by atoms with Crippen molar-refractivity contribution in [2.24, 2.45) is 0 Å². The first kappa shape index (κ1) is 13.7. The second-order valence-electron chi connectivity index (χ2n) is 4.50. The van der Waals surface area contributed by atoms with Crippen molar-refractivity contribution in [3.05, 3.63) is 48.3 Å². The summed E-state index contributed by atoms with van der Waals surface area (Å²) in [6, 6.07) is 8.93. The van der Waals surface area contributed by atoms with Gasteiger partial charge in [-0.3, -0.25) is 0 Å². The highest BCUT2D eigenvalue weighted by atomic mass is 32.2. The summed E-state index contributed by atoms with van der Waals surface area (Å²) in [5, 5.41) is 3.23. The molecule has 1 aromatic heterocycles. The smallest absolute Gasteiger partial charge is 0.175 e. The van der Waals surface area contributed by atoms with Gasteiger partial charge in [-0.25, -0.2) is 8.42 Å². The van der Waals surface area contributed by atoms with E-state index in [2.05, 4.69) is 29.1 Å².